The van der Waals surface area contributed by atoms with Crippen LogP contribution in [0.25, 0.3) is 0 Å². The molecule has 1 unspecified atom stereocenters. The van der Waals surface area contributed by atoms with Crippen molar-refractivity contribution in [1.29, 1.82) is 0 Å². The number of imide groups is 1. The highest BCUT2D eigenvalue weighted by Crippen LogP contribution is 2.22. The minimum Gasteiger partial charge on any atom is -0.462 e. The van der Waals surface area contributed by atoms with Gasteiger partial charge in [-0.3, -0.25) is 14.4 Å². The van der Waals surface area contributed by atoms with Crippen molar-refractivity contribution in [3.8, 4) is 0 Å². The Kier molecular flexibility index (Phi) is 5.89. The second-order valence-corrected chi connectivity index (χ2v) is 5.19. The number of amides is 3. The fourth-order valence-corrected chi connectivity index (χ4v) is 2.18. The van der Waals surface area contributed by atoms with Gasteiger partial charge in [0.05, 0.1) is 7.11 Å². The number of hydrogen-bond acceptors (Lipinski definition) is 8. The standard InChI is InChI=1S/C16H16N2O8/c1-9(19)26-14-11(12(20)18(14)13(21)15(22)24-2)17-16(23)25-8-10-6-4-3-5-7-10/h3-7,11,14H,8H2,1-2H3,(H,17,23)/t11-,14?/m0/s1. The van der Waals surface area contributed by atoms with E-state index in [1.807, 2.05) is 0 Å². The summed E-state index contributed by atoms with van der Waals surface area (Å²) >= 11 is 0. The molecule has 10 nitrogen and oxygen atoms in total. The molecule has 0 aromatic heterocycles. The van der Waals surface area contributed by atoms with Gasteiger partial charge in [0.15, 0.2) is 6.04 Å². The number of benzene rings is 1. The van der Waals surface area contributed by atoms with Crippen LogP contribution in [0.5, 0.6) is 0 Å². The number of nitrogens with zero attached hydrogens (tertiary/aromatic N) is 1. The van der Waals surface area contributed by atoms with Crippen molar-refractivity contribution in [1.82, 2.24) is 10.2 Å². The van der Waals surface area contributed by atoms with Crippen LogP contribution in [-0.4, -0.2) is 54.1 Å². The molecule has 1 aromatic carbocycles. The van der Waals surface area contributed by atoms with E-state index >= 15 is 0 Å². The summed E-state index contributed by atoms with van der Waals surface area (Å²) in [6.45, 7) is 1.00. The Morgan fingerprint density at radius 1 is 1.15 bits per heavy atom. The van der Waals surface area contributed by atoms with Gasteiger partial charge in [-0.25, -0.2) is 14.5 Å². The molecule has 1 N–H and O–H groups in total. The van der Waals surface area contributed by atoms with Crippen LogP contribution in [0.1, 0.15) is 12.5 Å². The van der Waals surface area contributed by atoms with Crippen molar-refractivity contribution >= 4 is 29.8 Å². The number of esters is 2. The van der Waals surface area contributed by atoms with E-state index in [9.17, 15) is 24.0 Å². The predicted octanol–water partition coefficient (Wildman–Crippen LogP) is -0.288. The summed E-state index contributed by atoms with van der Waals surface area (Å²) in [5.74, 6) is -4.35. The van der Waals surface area contributed by atoms with E-state index in [2.05, 4.69) is 10.1 Å². The van der Waals surface area contributed by atoms with Gasteiger partial charge in [-0.1, -0.05) is 30.3 Å². The normalized spacial score (nSPS) is 18.4. The predicted molar refractivity (Wildman–Crippen MR) is 83.0 cm³/mol. The molecule has 1 aliphatic rings. The molecule has 1 saturated heterocycles. The number of nitrogens with one attached hydrogen (secondary N) is 1. The molecule has 2 atom stereocenters. The molecule has 0 bridgehead atoms. The lowest BCUT2D eigenvalue weighted by atomic mass is 10.0. The molecule has 1 aromatic rings. The third-order valence-corrected chi connectivity index (χ3v) is 3.39. The summed E-state index contributed by atoms with van der Waals surface area (Å²) in [6, 6.07) is 7.45. The van der Waals surface area contributed by atoms with Gasteiger partial charge in [-0.05, 0) is 5.56 Å². The van der Waals surface area contributed by atoms with Gasteiger partial charge >= 0.3 is 23.9 Å². The Labute approximate surface area is 148 Å². The molecule has 2 rings (SSSR count). The minimum atomic E-state index is -1.46. The molecule has 1 aliphatic heterocycles. The van der Waals surface area contributed by atoms with Crippen molar-refractivity contribution in [3.05, 3.63) is 35.9 Å². The molecule has 138 valence electrons. The molecule has 0 aliphatic carbocycles. The largest absolute Gasteiger partial charge is 0.462 e. The van der Waals surface area contributed by atoms with Crippen LogP contribution in [0.3, 0.4) is 0 Å². The first-order chi connectivity index (χ1) is 12.3. The van der Waals surface area contributed by atoms with Crippen LogP contribution in [-0.2, 0) is 40.0 Å². The smallest absolute Gasteiger partial charge is 0.408 e. The number of likely N-dealkylation sites (tertiary alicyclic amines) is 1. The van der Waals surface area contributed by atoms with Crippen LogP contribution in [0, 0.1) is 0 Å². The quantitative estimate of drug-likeness (QED) is 0.334. The Balaban J connectivity index is 1.99. The van der Waals surface area contributed by atoms with Gasteiger partial charge in [-0.15, -0.1) is 0 Å². The lowest BCUT2D eigenvalue weighted by Gasteiger charge is -2.42. The highest BCUT2D eigenvalue weighted by molar-refractivity contribution is 6.36. The van der Waals surface area contributed by atoms with Gasteiger partial charge in [0.25, 0.3) is 5.91 Å². The van der Waals surface area contributed by atoms with Crippen molar-refractivity contribution < 1.29 is 38.2 Å². The Morgan fingerprint density at radius 3 is 2.38 bits per heavy atom. The van der Waals surface area contributed by atoms with Gasteiger partial charge in [0.1, 0.15) is 6.61 Å². The number of rotatable bonds is 4. The lowest BCUT2D eigenvalue weighted by Crippen LogP contribution is -2.74. The molecular formula is C16H16N2O8. The summed E-state index contributed by atoms with van der Waals surface area (Å²) in [6.07, 6.45) is -2.41. The maximum Gasteiger partial charge on any atom is 0.408 e. The minimum absolute atomic E-state index is 0.0450. The van der Waals surface area contributed by atoms with Gasteiger partial charge < -0.3 is 19.5 Å². The molecule has 0 saturated carbocycles. The average molecular weight is 364 g/mol. The van der Waals surface area contributed by atoms with Gasteiger partial charge in [-0.2, -0.15) is 0 Å². The zero-order valence-corrected chi connectivity index (χ0v) is 14.0. The Morgan fingerprint density at radius 2 is 1.81 bits per heavy atom. The fraction of sp³-hybridized carbons (Fsp3) is 0.312. The molecule has 0 spiro atoms. The highest BCUT2D eigenvalue weighted by atomic mass is 16.6. The number of hydrogen-bond donors (Lipinski definition) is 1. The third-order valence-electron chi connectivity index (χ3n) is 3.39. The molecule has 1 heterocycles. The maximum atomic E-state index is 12.1. The van der Waals surface area contributed by atoms with Crippen molar-refractivity contribution in [2.75, 3.05) is 7.11 Å². The number of carbonyl (C=O) groups is 5. The van der Waals surface area contributed by atoms with Crippen LogP contribution in [0.2, 0.25) is 0 Å². The van der Waals surface area contributed by atoms with Crippen molar-refractivity contribution in [2.24, 2.45) is 0 Å². The van der Waals surface area contributed by atoms with E-state index in [0.29, 0.717) is 4.90 Å². The third kappa shape index (κ3) is 4.15. The summed E-state index contributed by atoms with van der Waals surface area (Å²) in [5, 5.41) is 2.20. The van der Waals surface area contributed by atoms with Gasteiger partial charge in [0, 0.05) is 6.92 Å². The number of carbonyl (C=O) groups excluding carboxylic acids is 5. The van der Waals surface area contributed by atoms with Crippen molar-refractivity contribution in [3.63, 3.8) is 0 Å². The topological polar surface area (TPSA) is 128 Å². The number of β-lactam (4-membered cyclic amide) rings is 1. The highest BCUT2D eigenvalue weighted by Gasteiger charge is 2.56. The van der Waals surface area contributed by atoms with Crippen LogP contribution >= 0.6 is 0 Å². The fourth-order valence-electron chi connectivity index (χ4n) is 2.18. The van der Waals surface area contributed by atoms with E-state index in [-0.39, 0.29) is 6.61 Å². The molecule has 0 radical (unpaired) electrons. The summed E-state index contributed by atoms with van der Waals surface area (Å²) < 4.78 is 14.0. The Bertz CT molecular complexity index is 733. The van der Waals surface area contributed by atoms with Gasteiger partial charge in [0.2, 0.25) is 6.23 Å². The van der Waals surface area contributed by atoms with Crippen LogP contribution < -0.4 is 5.32 Å². The van der Waals surface area contributed by atoms with Crippen molar-refractivity contribution in [2.45, 2.75) is 25.8 Å². The molecule has 10 heteroatoms. The second kappa shape index (κ2) is 8.10. The maximum absolute atomic E-state index is 12.1. The molecule has 1 fully saturated rings. The lowest BCUT2D eigenvalue weighted by molar-refractivity contribution is -0.196. The van der Waals surface area contributed by atoms with E-state index in [1.165, 1.54) is 0 Å². The molecule has 26 heavy (non-hydrogen) atoms. The number of ether oxygens (including phenoxy) is 3. The summed E-state index contributed by atoms with van der Waals surface area (Å²) in [4.78, 5) is 58.6. The first kappa shape index (κ1) is 18.9. The van der Waals surface area contributed by atoms with E-state index in [4.69, 9.17) is 9.47 Å². The van der Waals surface area contributed by atoms with Crippen LogP contribution in [0.4, 0.5) is 4.79 Å². The SMILES string of the molecule is COC(=O)C(=O)N1C(=O)[C@H](NC(=O)OCc2ccccc2)C1OC(C)=O. The number of methoxy groups -OCH3 is 1. The number of alkyl carbamates (subject to hydrolysis) is 1. The molecule has 3 amide bonds. The van der Waals surface area contributed by atoms with E-state index in [1.54, 1.807) is 30.3 Å². The average Bonchev–Trinajstić information content (AvgIpc) is 2.63. The van der Waals surface area contributed by atoms with E-state index in [0.717, 1.165) is 19.6 Å². The summed E-state index contributed by atoms with van der Waals surface area (Å²) in [7, 11) is 0.960. The summed E-state index contributed by atoms with van der Waals surface area (Å²) in [5.41, 5.74) is 0.724. The first-order valence-electron chi connectivity index (χ1n) is 7.45. The Hall–Kier alpha value is -3.43. The van der Waals surface area contributed by atoms with Crippen LogP contribution in [0.15, 0.2) is 30.3 Å². The first-order valence-corrected chi connectivity index (χ1v) is 7.45. The second-order valence-electron chi connectivity index (χ2n) is 5.19. The zero-order valence-electron chi connectivity index (χ0n) is 14.0. The zero-order chi connectivity index (χ0) is 19.3. The van der Waals surface area contributed by atoms with E-state index < -0.39 is 42.1 Å². The molecular weight excluding hydrogens is 348 g/mol. The monoisotopic (exact) mass is 364 g/mol.